The van der Waals surface area contributed by atoms with Crippen LogP contribution in [0.5, 0.6) is 0 Å². The highest BCUT2D eigenvalue weighted by Gasteiger charge is 2.35. The molecule has 1 atom stereocenters. The molecule has 1 heterocycles. The lowest BCUT2D eigenvalue weighted by molar-refractivity contribution is -0.140. The molecule has 1 N–H and O–H groups in total. The number of hydrogen-bond acceptors (Lipinski definition) is 3. The molecule has 1 aliphatic carbocycles. The van der Waals surface area contributed by atoms with Crippen molar-refractivity contribution < 1.29 is 14.4 Å². The third kappa shape index (κ3) is 4.53. The van der Waals surface area contributed by atoms with Crippen molar-refractivity contribution in [1.29, 1.82) is 0 Å². The summed E-state index contributed by atoms with van der Waals surface area (Å²) >= 11 is 0. The van der Waals surface area contributed by atoms with Crippen molar-refractivity contribution in [3.8, 4) is 0 Å². The Bertz CT molecular complexity index is 1250. The number of amides is 3. The summed E-state index contributed by atoms with van der Waals surface area (Å²) in [6.07, 6.45) is 4.72. The van der Waals surface area contributed by atoms with Crippen molar-refractivity contribution >= 4 is 34.2 Å². The van der Waals surface area contributed by atoms with Crippen molar-refractivity contribution in [2.45, 2.75) is 57.7 Å². The van der Waals surface area contributed by atoms with E-state index in [0.29, 0.717) is 18.5 Å². The normalized spacial score (nSPS) is 16.0. The van der Waals surface area contributed by atoms with Crippen LogP contribution in [0.2, 0.25) is 0 Å². The molecule has 180 valence electrons. The van der Waals surface area contributed by atoms with E-state index in [4.69, 9.17) is 0 Å². The molecule has 0 saturated heterocycles. The van der Waals surface area contributed by atoms with Crippen LogP contribution >= 0.6 is 0 Å². The van der Waals surface area contributed by atoms with Crippen LogP contribution in [-0.2, 0) is 16.1 Å². The zero-order chi connectivity index (χ0) is 24.4. The fourth-order valence-corrected chi connectivity index (χ4v) is 5.43. The summed E-state index contributed by atoms with van der Waals surface area (Å²) in [5.41, 5.74) is 2.32. The van der Waals surface area contributed by atoms with Gasteiger partial charge in [-0.05, 0) is 42.3 Å². The minimum atomic E-state index is -0.598. The molecule has 2 aliphatic rings. The number of nitrogens with zero attached hydrogens (tertiary/aromatic N) is 2. The van der Waals surface area contributed by atoms with Gasteiger partial charge in [0.1, 0.15) is 12.6 Å². The number of nitrogens with one attached hydrogen (secondary N) is 1. The van der Waals surface area contributed by atoms with E-state index >= 15 is 0 Å². The summed E-state index contributed by atoms with van der Waals surface area (Å²) < 4.78 is 0. The quantitative estimate of drug-likeness (QED) is 0.521. The van der Waals surface area contributed by atoms with E-state index in [1.54, 1.807) is 9.80 Å². The Labute approximate surface area is 205 Å². The molecule has 6 heteroatoms. The molecule has 3 amide bonds. The number of carbonyl (C=O) groups excluding carboxylic acids is 3. The first-order chi connectivity index (χ1) is 17.1. The molecule has 0 aromatic heterocycles. The second-order valence-electron chi connectivity index (χ2n) is 9.49. The third-order valence-electron chi connectivity index (χ3n) is 7.23. The first-order valence-corrected chi connectivity index (χ1v) is 12.5. The molecule has 3 aromatic rings. The summed E-state index contributed by atoms with van der Waals surface area (Å²) in [5, 5.41) is 5.03. The highest BCUT2D eigenvalue weighted by molar-refractivity contribution is 6.26. The monoisotopic (exact) mass is 469 g/mol. The van der Waals surface area contributed by atoms with Gasteiger partial charge in [-0.3, -0.25) is 19.3 Å². The lowest BCUT2D eigenvalue weighted by Crippen LogP contribution is -2.53. The number of rotatable bonds is 8. The molecule has 5 rings (SSSR count). The van der Waals surface area contributed by atoms with Gasteiger partial charge in [0.2, 0.25) is 11.8 Å². The molecule has 1 fully saturated rings. The largest absolute Gasteiger partial charge is 0.352 e. The standard InChI is InChI=1S/C29H31N3O3/c1-2-24(28(34)30-22-14-6-7-15-22)31(18-20-10-4-3-5-11-20)26(33)19-32-25-17-9-13-21-12-8-16-23(27(21)25)29(32)35/h3-5,8-13,16-17,22,24H,2,6-7,14-15,18-19H2,1H3,(H,30,34). The summed E-state index contributed by atoms with van der Waals surface area (Å²) in [4.78, 5) is 43.6. The van der Waals surface area contributed by atoms with Gasteiger partial charge in [0.05, 0.1) is 5.69 Å². The molecular formula is C29H31N3O3. The van der Waals surface area contributed by atoms with E-state index in [2.05, 4.69) is 5.32 Å². The van der Waals surface area contributed by atoms with Crippen LogP contribution in [0, 0.1) is 0 Å². The van der Waals surface area contributed by atoms with Crippen LogP contribution in [-0.4, -0.2) is 41.2 Å². The highest BCUT2D eigenvalue weighted by Crippen LogP contribution is 2.37. The number of anilines is 1. The van der Waals surface area contributed by atoms with Gasteiger partial charge in [-0.15, -0.1) is 0 Å². The smallest absolute Gasteiger partial charge is 0.259 e. The molecule has 0 bridgehead atoms. The highest BCUT2D eigenvalue weighted by atomic mass is 16.2. The molecular weight excluding hydrogens is 438 g/mol. The molecule has 1 aliphatic heterocycles. The molecule has 1 saturated carbocycles. The average molecular weight is 470 g/mol. The van der Waals surface area contributed by atoms with Crippen molar-refractivity contribution in [3.63, 3.8) is 0 Å². The third-order valence-corrected chi connectivity index (χ3v) is 7.23. The van der Waals surface area contributed by atoms with E-state index in [-0.39, 0.29) is 30.3 Å². The summed E-state index contributed by atoms with van der Waals surface area (Å²) in [5.74, 6) is -0.518. The SMILES string of the molecule is CCC(C(=O)NC1CCCC1)N(Cc1ccccc1)C(=O)CN1C(=O)c2cccc3cccc1c23. The minimum Gasteiger partial charge on any atom is -0.352 e. The molecule has 0 radical (unpaired) electrons. The number of carbonyl (C=O) groups is 3. The van der Waals surface area contributed by atoms with E-state index in [1.165, 1.54) is 0 Å². The maximum atomic E-state index is 13.8. The van der Waals surface area contributed by atoms with Gasteiger partial charge >= 0.3 is 0 Å². The Morgan fingerprint density at radius 3 is 2.43 bits per heavy atom. The number of benzene rings is 3. The lowest BCUT2D eigenvalue weighted by atomic mass is 10.1. The van der Waals surface area contributed by atoms with E-state index < -0.39 is 6.04 Å². The summed E-state index contributed by atoms with van der Waals surface area (Å²) in [7, 11) is 0. The second-order valence-corrected chi connectivity index (χ2v) is 9.49. The molecule has 6 nitrogen and oxygen atoms in total. The topological polar surface area (TPSA) is 69.7 Å². The molecule has 35 heavy (non-hydrogen) atoms. The predicted molar refractivity (Wildman–Crippen MR) is 137 cm³/mol. The van der Waals surface area contributed by atoms with Gasteiger partial charge < -0.3 is 10.2 Å². The van der Waals surface area contributed by atoms with Gasteiger partial charge in [0, 0.05) is 23.5 Å². The van der Waals surface area contributed by atoms with Crippen molar-refractivity contribution in [2.75, 3.05) is 11.4 Å². The Balaban J connectivity index is 1.42. The van der Waals surface area contributed by atoms with Crippen molar-refractivity contribution in [2.24, 2.45) is 0 Å². The van der Waals surface area contributed by atoms with Gasteiger partial charge in [-0.25, -0.2) is 0 Å². The average Bonchev–Trinajstić information content (AvgIpc) is 3.48. The second kappa shape index (κ2) is 9.90. The van der Waals surface area contributed by atoms with Gasteiger partial charge in [-0.1, -0.05) is 74.4 Å². The van der Waals surface area contributed by atoms with Gasteiger partial charge in [0.15, 0.2) is 0 Å². The Kier molecular flexibility index (Phi) is 6.53. The van der Waals surface area contributed by atoms with Crippen LogP contribution in [0.1, 0.15) is 54.9 Å². The number of hydrogen-bond donors (Lipinski definition) is 1. The Morgan fingerprint density at radius 2 is 1.71 bits per heavy atom. The fourth-order valence-electron chi connectivity index (χ4n) is 5.43. The zero-order valence-corrected chi connectivity index (χ0v) is 20.1. The van der Waals surface area contributed by atoms with Crippen LogP contribution in [0.4, 0.5) is 5.69 Å². The van der Waals surface area contributed by atoms with Crippen LogP contribution in [0.3, 0.4) is 0 Å². The zero-order valence-electron chi connectivity index (χ0n) is 20.1. The molecule has 1 unspecified atom stereocenters. The molecule has 3 aromatic carbocycles. The van der Waals surface area contributed by atoms with Crippen LogP contribution in [0.15, 0.2) is 66.7 Å². The Hall–Kier alpha value is -3.67. The minimum absolute atomic E-state index is 0.104. The first kappa shape index (κ1) is 23.1. The van der Waals surface area contributed by atoms with Crippen LogP contribution in [0.25, 0.3) is 10.8 Å². The van der Waals surface area contributed by atoms with Crippen molar-refractivity contribution in [1.82, 2.24) is 10.2 Å². The van der Waals surface area contributed by atoms with E-state index in [1.807, 2.05) is 73.7 Å². The van der Waals surface area contributed by atoms with E-state index in [9.17, 15) is 14.4 Å². The van der Waals surface area contributed by atoms with Gasteiger partial charge in [-0.2, -0.15) is 0 Å². The van der Waals surface area contributed by atoms with Crippen LogP contribution < -0.4 is 10.2 Å². The fraction of sp³-hybridized carbons (Fsp3) is 0.345. The lowest BCUT2D eigenvalue weighted by Gasteiger charge is -2.33. The Morgan fingerprint density at radius 1 is 1.00 bits per heavy atom. The van der Waals surface area contributed by atoms with Gasteiger partial charge in [0.25, 0.3) is 5.91 Å². The molecule has 0 spiro atoms. The predicted octanol–water partition coefficient (Wildman–Crippen LogP) is 4.67. The summed E-state index contributed by atoms with van der Waals surface area (Å²) in [6.45, 7) is 2.14. The van der Waals surface area contributed by atoms with E-state index in [0.717, 1.165) is 47.7 Å². The first-order valence-electron chi connectivity index (χ1n) is 12.5. The summed E-state index contributed by atoms with van der Waals surface area (Å²) in [6, 6.07) is 20.7. The van der Waals surface area contributed by atoms with Crippen molar-refractivity contribution in [3.05, 3.63) is 77.9 Å². The maximum Gasteiger partial charge on any atom is 0.259 e. The maximum absolute atomic E-state index is 13.8.